The van der Waals surface area contributed by atoms with Crippen LogP contribution in [0.1, 0.15) is 37.8 Å². The van der Waals surface area contributed by atoms with Gasteiger partial charge >= 0.3 is 0 Å². The summed E-state index contributed by atoms with van der Waals surface area (Å²) in [6, 6.07) is 11.9. The highest BCUT2D eigenvalue weighted by Crippen LogP contribution is 2.21. The summed E-state index contributed by atoms with van der Waals surface area (Å²) in [4.78, 5) is 27.4. The van der Waals surface area contributed by atoms with E-state index in [1.54, 1.807) is 35.2 Å². The van der Waals surface area contributed by atoms with Crippen LogP contribution in [0.4, 0.5) is 0 Å². The second-order valence-corrected chi connectivity index (χ2v) is 7.91. The lowest BCUT2D eigenvalue weighted by molar-refractivity contribution is -0.143. The Hall–Kier alpha value is -2.24. The van der Waals surface area contributed by atoms with Crippen molar-refractivity contribution in [2.45, 2.75) is 46.2 Å². The lowest BCUT2D eigenvalue weighted by Crippen LogP contribution is -2.50. The molecule has 2 rings (SSSR count). The average Bonchev–Trinajstić information content (AvgIpc) is 2.74. The number of amides is 2. The van der Waals surface area contributed by atoms with Gasteiger partial charge < -0.3 is 15.0 Å². The van der Waals surface area contributed by atoms with Gasteiger partial charge in [0.05, 0.1) is 0 Å². The van der Waals surface area contributed by atoms with E-state index in [2.05, 4.69) is 5.32 Å². The van der Waals surface area contributed by atoms with Gasteiger partial charge in [-0.25, -0.2) is 0 Å². The molecule has 0 radical (unpaired) electrons. The van der Waals surface area contributed by atoms with Gasteiger partial charge in [0.2, 0.25) is 5.91 Å². The third-order valence-electron chi connectivity index (χ3n) is 4.69. The smallest absolute Gasteiger partial charge is 0.261 e. The highest BCUT2D eigenvalue weighted by Gasteiger charge is 2.28. The van der Waals surface area contributed by atoms with E-state index in [0.29, 0.717) is 28.8 Å². The molecule has 0 aromatic heterocycles. The van der Waals surface area contributed by atoms with Gasteiger partial charge in [0.25, 0.3) is 5.91 Å². The number of carbonyl (C=O) groups is 2. The normalized spacial score (nSPS) is 11.6. The van der Waals surface area contributed by atoms with Gasteiger partial charge in [0.1, 0.15) is 11.8 Å². The first kappa shape index (κ1) is 24.0. The van der Waals surface area contributed by atoms with Crippen molar-refractivity contribution in [1.29, 1.82) is 0 Å². The Labute approximate surface area is 188 Å². The van der Waals surface area contributed by atoms with Gasteiger partial charge in [-0.05, 0) is 61.2 Å². The highest BCUT2D eigenvalue weighted by molar-refractivity contribution is 6.31. The fourth-order valence-corrected chi connectivity index (χ4v) is 3.25. The zero-order chi connectivity index (χ0) is 22.1. The lowest BCUT2D eigenvalue weighted by atomic mass is 10.1. The fraction of sp³-hybridized carbons (Fsp3) is 0.391. The Balaban J connectivity index is 2.18. The zero-order valence-corrected chi connectivity index (χ0v) is 19.1. The molecule has 0 saturated carbocycles. The van der Waals surface area contributed by atoms with E-state index in [1.807, 2.05) is 32.9 Å². The summed E-state index contributed by atoms with van der Waals surface area (Å²) >= 11 is 12.0. The molecule has 0 aliphatic rings. The molecule has 0 spiro atoms. The van der Waals surface area contributed by atoms with Crippen LogP contribution in [0, 0.1) is 6.92 Å². The van der Waals surface area contributed by atoms with Gasteiger partial charge in [-0.1, -0.05) is 49.2 Å². The minimum absolute atomic E-state index is 0.163. The first-order valence-electron chi connectivity index (χ1n) is 10.1. The number of rotatable bonds is 10. The fourth-order valence-electron chi connectivity index (χ4n) is 3.01. The molecule has 2 aromatic rings. The number of nitrogens with one attached hydrogen (secondary N) is 1. The van der Waals surface area contributed by atoms with Crippen molar-refractivity contribution >= 4 is 35.0 Å². The third kappa shape index (κ3) is 6.92. The van der Waals surface area contributed by atoms with E-state index in [1.165, 1.54) is 0 Å². The summed E-state index contributed by atoms with van der Waals surface area (Å²) in [5, 5.41) is 4.14. The van der Waals surface area contributed by atoms with Crippen molar-refractivity contribution in [2.24, 2.45) is 0 Å². The van der Waals surface area contributed by atoms with E-state index < -0.39 is 6.04 Å². The summed E-state index contributed by atoms with van der Waals surface area (Å²) in [6.45, 7) is 6.43. The van der Waals surface area contributed by atoms with Crippen LogP contribution in [0.3, 0.4) is 0 Å². The number of halogens is 2. The standard InChI is InChI=1S/C23H28Cl2N2O3/c1-4-12-26-23(29)21(5-2)27(14-17-6-8-18(24)9-7-17)22(28)15-30-19-10-11-20(25)16(3)13-19/h6-11,13,21H,4-5,12,14-15H2,1-3H3,(H,26,29). The Morgan fingerprint density at radius 1 is 1.10 bits per heavy atom. The van der Waals surface area contributed by atoms with Crippen molar-refractivity contribution in [1.82, 2.24) is 10.2 Å². The first-order valence-corrected chi connectivity index (χ1v) is 10.8. The number of aryl methyl sites for hydroxylation is 1. The molecule has 1 N–H and O–H groups in total. The quantitative estimate of drug-likeness (QED) is 0.552. The molecule has 0 fully saturated rings. The van der Waals surface area contributed by atoms with Gasteiger partial charge in [-0.3, -0.25) is 9.59 Å². The average molecular weight is 451 g/mol. The Morgan fingerprint density at radius 3 is 2.40 bits per heavy atom. The van der Waals surface area contributed by atoms with Crippen LogP contribution in [-0.2, 0) is 16.1 Å². The topological polar surface area (TPSA) is 58.6 Å². The summed E-state index contributed by atoms with van der Waals surface area (Å²) in [6.07, 6.45) is 1.32. The zero-order valence-electron chi connectivity index (χ0n) is 17.6. The van der Waals surface area contributed by atoms with Gasteiger partial charge in [0.15, 0.2) is 6.61 Å². The maximum absolute atomic E-state index is 13.1. The van der Waals surface area contributed by atoms with Crippen LogP contribution < -0.4 is 10.1 Å². The number of nitrogens with zero attached hydrogens (tertiary/aromatic N) is 1. The molecule has 7 heteroatoms. The highest BCUT2D eigenvalue weighted by atomic mass is 35.5. The maximum atomic E-state index is 13.1. The van der Waals surface area contributed by atoms with E-state index >= 15 is 0 Å². The lowest BCUT2D eigenvalue weighted by Gasteiger charge is -2.30. The molecule has 2 amide bonds. The van der Waals surface area contributed by atoms with Gasteiger partial charge in [-0.2, -0.15) is 0 Å². The SMILES string of the molecule is CCCNC(=O)C(CC)N(Cc1ccc(Cl)cc1)C(=O)COc1ccc(Cl)c(C)c1. The third-order valence-corrected chi connectivity index (χ3v) is 5.37. The molecule has 0 heterocycles. The monoisotopic (exact) mass is 450 g/mol. The van der Waals surface area contributed by atoms with Crippen molar-refractivity contribution in [3.05, 3.63) is 63.6 Å². The molecule has 1 atom stereocenters. The summed E-state index contributed by atoms with van der Waals surface area (Å²) in [5.74, 6) is 0.125. The molecule has 5 nitrogen and oxygen atoms in total. The molecule has 2 aromatic carbocycles. The van der Waals surface area contributed by atoms with E-state index in [-0.39, 0.29) is 25.0 Å². The minimum Gasteiger partial charge on any atom is -0.484 e. The minimum atomic E-state index is -0.588. The maximum Gasteiger partial charge on any atom is 0.261 e. The molecule has 1 unspecified atom stereocenters. The number of benzene rings is 2. The van der Waals surface area contributed by atoms with Gasteiger partial charge in [-0.15, -0.1) is 0 Å². The second kappa shape index (κ2) is 11.8. The van der Waals surface area contributed by atoms with Crippen molar-refractivity contribution < 1.29 is 14.3 Å². The molecule has 0 saturated heterocycles. The Morgan fingerprint density at radius 2 is 1.80 bits per heavy atom. The predicted molar refractivity (Wildman–Crippen MR) is 121 cm³/mol. The summed E-state index contributed by atoms with van der Waals surface area (Å²) in [5.41, 5.74) is 1.75. The number of hydrogen-bond acceptors (Lipinski definition) is 3. The van der Waals surface area contributed by atoms with Crippen LogP contribution in [0.15, 0.2) is 42.5 Å². The summed E-state index contributed by atoms with van der Waals surface area (Å²) < 4.78 is 5.69. The number of hydrogen-bond donors (Lipinski definition) is 1. The largest absolute Gasteiger partial charge is 0.484 e. The van der Waals surface area contributed by atoms with Crippen LogP contribution in [0.5, 0.6) is 5.75 Å². The molecule has 0 aliphatic carbocycles. The molecule has 0 aliphatic heterocycles. The van der Waals surface area contributed by atoms with Crippen LogP contribution in [-0.4, -0.2) is 35.9 Å². The van der Waals surface area contributed by atoms with Gasteiger partial charge in [0, 0.05) is 23.1 Å². The number of ether oxygens (including phenoxy) is 1. The van der Waals surface area contributed by atoms with E-state index in [0.717, 1.165) is 17.5 Å². The van der Waals surface area contributed by atoms with Crippen LogP contribution >= 0.6 is 23.2 Å². The molecule has 162 valence electrons. The molecule has 0 bridgehead atoms. The Kier molecular flexibility index (Phi) is 9.47. The van der Waals surface area contributed by atoms with Crippen molar-refractivity contribution in [3.8, 4) is 5.75 Å². The Bertz CT molecular complexity index is 856. The summed E-state index contributed by atoms with van der Waals surface area (Å²) in [7, 11) is 0. The van der Waals surface area contributed by atoms with E-state index in [4.69, 9.17) is 27.9 Å². The van der Waals surface area contributed by atoms with Crippen molar-refractivity contribution in [2.75, 3.05) is 13.2 Å². The second-order valence-electron chi connectivity index (χ2n) is 7.06. The van der Waals surface area contributed by atoms with Crippen LogP contribution in [0.2, 0.25) is 10.0 Å². The molecular formula is C23H28Cl2N2O3. The van der Waals surface area contributed by atoms with Crippen LogP contribution in [0.25, 0.3) is 0 Å². The number of carbonyl (C=O) groups excluding carboxylic acids is 2. The van der Waals surface area contributed by atoms with E-state index in [9.17, 15) is 9.59 Å². The predicted octanol–water partition coefficient (Wildman–Crippen LogP) is 5.01. The van der Waals surface area contributed by atoms with Crippen molar-refractivity contribution in [3.63, 3.8) is 0 Å². The molecule has 30 heavy (non-hydrogen) atoms. The molecular weight excluding hydrogens is 423 g/mol. The first-order chi connectivity index (χ1) is 14.3.